The Hall–Kier alpha value is -0.0800. The third-order valence-corrected chi connectivity index (χ3v) is 2.98. The molecule has 2 nitrogen and oxygen atoms in total. The Kier molecular flexibility index (Phi) is 2.50. The van der Waals surface area contributed by atoms with Crippen LogP contribution in [0.1, 0.15) is 34.1 Å². The van der Waals surface area contributed by atoms with Gasteiger partial charge in [-0.25, -0.2) is 0 Å². The Bertz CT molecular complexity index is 161. The van der Waals surface area contributed by atoms with Gasteiger partial charge < -0.3 is 10.6 Å². The largest absolute Gasteiger partial charge is 0.314 e. The number of nitrogens with one attached hydrogen (secondary N) is 2. The van der Waals surface area contributed by atoms with Crippen molar-refractivity contribution >= 4 is 0 Å². The van der Waals surface area contributed by atoms with Crippen molar-refractivity contribution in [3.05, 3.63) is 0 Å². The summed E-state index contributed by atoms with van der Waals surface area (Å²) in [7, 11) is 2.01. The Morgan fingerprint density at radius 3 is 2.25 bits per heavy atom. The Morgan fingerprint density at radius 2 is 1.92 bits per heavy atom. The lowest BCUT2D eigenvalue weighted by molar-refractivity contribution is 0.380. The van der Waals surface area contributed by atoms with Gasteiger partial charge in [0.1, 0.15) is 0 Å². The fourth-order valence-electron chi connectivity index (χ4n) is 1.28. The number of hydrogen-bond acceptors (Lipinski definition) is 2. The summed E-state index contributed by atoms with van der Waals surface area (Å²) in [5, 5.41) is 6.86. The van der Waals surface area contributed by atoms with Crippen molar-refractivity contribution in [1.82, 2.24) is 10.6 Å². The highest BCUT2D eigenvalue weighted by atomic mass is 15.1. The standard InChI is InChI=1S/C10H22N2/c1-9(2)6-8(9)12-7-10(3,4)11-5/h8,11-12H,6-7H2,1-5H3. The Labute approximate surface area is 76.1 Å². The monoisotopic (exact) mass is 170 g/mol. The van der Waals surface area contributed by atoms with Gasteiger partial charge in [0.25, 0.3) is 0 Å². The number of likely N-dealkylation sites (N-methyl/N-ethyl adjacent to an activating group) is 1. The molecule has 0 aliphatic heterocycles. The topological polar surface area (TPSA) is 24.1 Å². The molecule has 0 amide bonds. The lowest BCUT2D eigenvalue weighted by Crippen LogP contribution is -2.46. The Balaban J connectivity index is 2.19. The van der Waals surface area contributed by atoms with Crippen molar-refractivity contribution in [2.75, 3.05) is 13.6 Å². The highest BCUT2D eigenvalue weighted by Gasteiger charge is 2.45. The molecule has 1 aliphatic rings. The van der Waals surface area contributed by atoms with Crippen LogP contribution in [0.15, 0.2) is 0 Å². The van der Waals surface area contributed by atoms with Gasteiger partial charge in [0.05, 0.1) is 0 Å². The first-order valence-electron chi connectivity index (χ1n) is 4.80. The summed E-state index contributed by atoms with van der Waals surface area (Å²) >= 11 is 0. The van der Waals surface area contributed by atoms with Gasteiger partial charge in [0.15, 0.2) is 0 Å². The zero-order valence-corrected chi connectivity index (χ0v) is 8.99. The molecule has 1 aliphatic carbocycles. The van der Waals surface area contributed by atoms with Crippen LogP contribution in [0.25, 0.3) is 0 Å². The van der Waals surface area contributed by atoms with Crippen LogP contribution in [-0.2, 0) is 0 Å². The summed E-state index contributed by atoms with van der Waals surface area (Å²) in [4.78, 5) is 0. The molecule has 0 heterocycles. The van der Waals surface area contributed by atoms with Gasteiger partial charge in [0, 0.05) is 18.1 Å². The minimum absolute atomic E-state index is 0.221. The normalized spacial score (nSPS) is 27.2. The molecule has 0 aromatic heterocycles. The summed E-state index contributed by atoms with van der Waals surface area (Å²) in [6.45, 7) is 10.1. The van der Waals surface area contributed by atoms with Gasteiger partial charge in [-0.3, -0.25) is 0 Å². The second kappa shape index (κ2) is 3.00. The summed E-state index contributed by atoms with van der Waals surface area (Å²) in [6.07, 6.45) is 1.33. The van der Waals surface area contributed by atoms with E-state index in [4.69, 9.17) is 0 Å². The van der Waals surface area contributed by atoms with E-state index >= 15 is 0 Å². The minimum atomic E-state index is 0.221. The van der Waals surface area contributed by atoms with E-state index in [2.05, 4.69) is 38.3 Å². The molecular weight excluding hydrogens is 148 g/mol. The first-order valence-corrected chi connectivity index (χ1v) is 4.80. The number of hydrogen-bond donors (Lipinski definition) is 2. The maximum atomic E-state index is 3.58. The highest BCUT2D eigenvalue weighted by molar-refractivity contribution is 5.02. The number of rotatable bonds is 4. The lowest BCUT2D eigenvalue weighted by atomic mass is 10.1. The van der Waals surface area contributed by atoms with Crippen LogP contribution < -0.4 is 10.6 Å². The van der Waals surface area contributed by atoms with Crippen molar-refractivity contribution in [1.29, 1.82) is 0 Å². The van der Waals surface area contributed by atoms with Gasteiger partial charge in [0.2, 0.25) is 0 Å². The lowest BCUT2D eigenvalue weighted by Gasteiger charge is -2.24. The molecule has 2 heteroatoms. The van der Waals surface area contributed by atoms with Gasteiger partial charge in [-0.15, -0.1) is 0 Å². The van der Waals surface area contributed by atoms with E-state index in [1.807, 2.05) is 7.05 Å². The average Bonchev–Trinajstić information content (AvgIpc) is 2.56. The third kappa shape index (κ3) is 2.46. The van der Waals surface area contributed by atoms with Crippen molar-refractivity contribution in [2.45, 2.75) is 45.7 Å². The Morgan fingerprint density at radius 1 is 1.42 bits per heavy atom. The maximum Gasteiger partial charge on any atom is 0.0246 e. The SMILES string of the molecule is CNC(C)(C)CNC1CC1(C)C. The van der Waals surface area contributed by atoms with E-state index in [1.54, 1.807) is 0 Å². The summed E-state index contributed by atoms with van der Waals surface area (Å²) in [6, 6.07) is 0.741. The van der Waals surface area contributed by atoms with Crippen LogP contribution in [0, 0.1) is 5.41 Å². The van der Waals surface area contributed by atoms with Crippen LogP contribution in [0.3, 0.4) is 0 Å². The molecule has 1 saturated carbocycles. The zero-order valence-electron chi connectivity index (χ0n) is 8.99. The molecule has 2 N–H and O–H groups in total. The molecular formula is C10H22N2. The maximum absolute atomic E-state index is 3.58. The van der Waals surface area contributed by atoms with E-state index in [9.17, 15) is 0 Å². The third-order valence-electron chi connectivity index (χ3n) is 2.98. The molecule has 0 bridgehead atoms. The van der Waals surface area contributed by atoms with Crippen LogP contribution in [-0.4, -0.2) is 25.2 Å². The van der Waals surface area contributed by atoms with E-state index < -0.39 is 0 Å². The van der Waals surface area contributed by atoms with Gasteiger partial charge >= 0.3 is 0 Å². The van der Waals surface area contributed by atoms with Crippen LogP contribution in [0.5, 0.6) is 0 Å². The molecule has 12 heavy (non-hydrogen) atoms. The van der Waals surface area contributed by atoms with Gasteiger partial charge in [-0.1, -0.05) is 13.8 Å². The molecule has 1 fully saturated rings. The molecule has 0 saturated heterocycles. The molecule has 1 unspecified atom stereocenters. The first-order chi connectivity index (χ1) is 5.37. The van der Waals surface area contributed by atoms with Crippen LogP contribution in [0.4, 0.5) is 0 Å². The van der Waals surface area contributed by atoms with Gasteiger partial charge in [-0.2, -0.15) is 0 Å². The predicted octanol–water partition coefficient (Wildman–Crippen LogP) is 1.37. The molecule has 0 aromatic rings. The summed E-state index contributed by atoms with van der Waals surface area (Å²) in [5.41, 5.74) is 0.766. The first kappa shape index (κ1) is 10.0. The van der Waals surface area contributed by atoms with Crippen molar-refractivity contribution in [2.24, 2.45) is 5.41 Å². The molecule has 0 aromatic carbocycles. The molecule has 72 valence electrons. The molecule has 1 atom stereocenters. The van der Waals surface area contributed by atoms with Crippen LogP contribution in [0.2, 0.25) is 0 Å². The van der Waals surface area contributed by atoms with Crippen LogP contribution >= 0.6 is 0 Å². The fourth-order valence-corrected chi connectivity index (χ4v) is 1.28. The second-order valence-electron chi connectivity index (χ2n) is 5.26. The van der Waals surface area contributed by atoms with E-state index in [0.29, 0.717) is 5.41 Å². The van der Waals surface area contributed by atoms with Crippen molar-refractivity contribution < 1.29 is 0 Å². The van der Waals surface area contributed by atoms with E-state index in [0.717, 1.165) is 12.6 Å². The average molecular weight is 170 g/mol. The smallest absolute Gasteiger partial charge is 0.0246 e. The molecule has 0 radical (unpaired) electrons. The molecule has 0 spiro atoms. The minimum Gasteiger partial charge on any atom is -0.314 e. The highest BCUT2D eigenvalue weighted by Crippen LogP contribution is 2.44. The summed E-state index contributed by atoms with van der Waals surface area (Å²) < 4.78 is 0. The van der Waals surface area contributed by atoms with Gasteiger partial charge in [-0.05, 0) is 32.7 Å². The van der Waals surface area contributed by atoms with E-state index in [1.165, 1.54) is 6.42 Å². The predicted molar refractivity (Wildman–Crippen MR) is 53.3 cm³/mol. The van der Waals surface area contributed by atoms with Crippen molar-refractivity contribution in [3.8, 4) is 0 Å². The van der Waals surface area contributed by atoms with Crippen molar-refractivity contribution in [3.63, 3.8) is 0 Å². The second-order valence-corrected chi connectivity index (χ2v) is 5.26. The molecule has 1 rings (SSSR count). The van der Waals surface area contributed by atoms with E-state index in [-0.39, 0.29) is 5.54 Å². The summed E-state index contributed by atoms with van der Waals surface area (Å²) in [5.74, 6) is 0. The quantitative estimate of drug-likeness (QED) is 0.666. The fraction of sp³-hybridized carbons (Fsp3) is 1.00. The zero-order chi connectivity index (χ0) is 9.41.